The quantitative estimate of drug-likeness (QED) is 0.712. The number of likely N-dealkylation sites (N-methyl/N-ethyl adjacent to an activating group) is 1. The van der Waals surface area contributed by atoms with Crippen LogP contribution in [-0.2, 0) is 17.9 Å². The minimum Gasteiger partial charge on any atom is -0.340 e. The summed E-state index contributed by atoms with van der Waals surface area (Å²) in [6.45, 7) is 0.617. The number of nitrogens with zero attached hydrogens (tertiary/aromatic N) is 5. The van der Waals surface area contributed by atoms with Gasteiger partial charge in [0.05, 0.1) is 0 Å². The molecule has 3 aromatic rings. The Balaban J connectivity index is 1.65. The Hall–Kier alpha value is -2.25. The fourth-order valence-corrected chi connectivity index (χ4v) is 2.89. The van der Waals surface area contributed by atoms with Crippen LogP contribution < -0.4 is 0 Å². The number of aromatic nitrogens is 4. The molecule has 2 aromatic heterocycles. The molecule has 0 fully saturated rings. The first-order valence-electron chi connectivity index (χ1n) is 6.90. The maximum absolute atomic E-state index is 12.2. The van der Waals surface area contributed by atoms with Crippen molar-refractivity contribution < 1.29 is 4.79 Å². The second-order valence-corrected chi connectivity index (χ2v) is 6.25. The van der Waals surface area contributed by atoms with Crippen molar-refractivity contribution in [2.45, 2.75) is 13.1 Å². The van der Waals surface area contributed by atoms with Crippen LogP contribution in [-0.4, -0.2) is 38.1 Å². The maximum atomic E-state index is 12.2. The molecule has 0 aliphatic carbocycles. The van der Waals surface area contributed by atoms with Gasteiger partial charge in [-0.25, -0.2) is 0 Å². The molecule has 3 rings (SSSR count). The Morgan fingerprint density at radius 1 is 1.39 bits per heavy atom. The lowest BCUT2D eigenvalue weighted by Gasteiger charge is -2.15. The first-order chi connectivity index (χ1) is 11.1. The largest absolute Gasteiger partial charge is 0.340 e. The van der Waals surface area contributed by atoms with Crippen LogP contribution in [0, 0.1) is 0 Å². The lowest BCUT2D eigenvalue weighted by atomic mass is 10.2. The second kappa shape index (κ2) is 6.89. The molecule has 8 heteroatoms. The molecular formula is C15H14ClN5OS. The molecule has 1 aromatic carbocycles. The van der Waals surface area contributed by atoms with Gasteiger partial charge in [-0.05, 0) is 39.7 Å². The number of halogens is 1. The number of hydrogen-bond donors (Lipinski definition) is 0. The van der Waals surface area contributed by atoms with Crippen molar-refractivity contribution in [1.29, 1.82) is 0 Å². The number of tetrazole rings is 1. The first kappa shape index (κ1) is 15.6. The number of rotatable bonds is 5. The monoisotopic (exact) mass is 347 g/mol. The summed E-state index contributed by atoms with van der Waals surface area (Å²) in [4.78, 5) is 15.2. The van der Waals surface area contributed by atoms with Gasteiger partial charge < -0.3 is 4.90 Å². The van der Waals surface area contributed by atoms with E-state index in [0.717, 1.165) is 11.1 Å². The van der Waals surface area contributed by atoms with Crippen LogP contribution in [0.1, 0.15) is 5.56 Å². The van der Waals surface area contributed by atoms with Crippen LogP contribution in [0.4, 0.5) is 0 Å². The molecule has 0 spiro atoms. The highest BCUT2D eigenvalue weighted by Gasteiger charge is 2.13. The van der Waals surface area contributed by atoms with Crippen molar-refractivity contribution in [3.63, 3.8) is 0 Å². The van der Waals surface area contributed by atoms with E-state index in [0.29, 0.717) is 17.4 Å². The number of carbonyl (C=O) groups is 1. The van der Waals surface area contributed by atoms with Crippen LogP contribution in [0.2, 0.25) is 5.02 Å². The number of thiophene rings is 1. The summed E-state index contributed by atoms with van der Waals surface area (Å²) in [5, 5.41) is 16.7. The van der Waals surface area contributed by atoms with Gasteiger partial charge in [-0.3, -0.25) is 4.79 Å². The molecule has 0 unspecified atom stereocenters. The molecule has 6 nitrogen and oxygen atoms in total. The third-order valence-corrected chi connectivity index (χ3v) is 4.21. The minimum absolute atomic E-state index is 0.0498. The van der Waals surface area contributed by atoms with E-state index < -0.39 is 0 Å². The zero-order valence-corrected chi connectivity index (χ0v) is 14.0. The topological polar surface area (TPSA) is 63.9 Å². The molecule has 0 aliphatic heterocycles. The van der Waals surface area contributed by atoms with Gasteiger partial charge in [0.25, 0.3) is 0 Å². The Morgan fingerprint density at radius 3 is 3.00 bits per heavy atom. The van der Waals surface area contributed by atoms with Crippen molar-refractivity contribution in [3.05, 3.63) is 51.7 Å². The van der Waals surface area contributed by atoms with Gasteiger partial charge in [-0.2, -0.15) is 16.1 Å². The highest BCUT2D eigenvalue weighted by atomic mass is 35.5. The van der Waals surface area contributed by atoms with Crippen LogP contribution in [0.3, 0.4) is 0 Å². The summed E-state index contributed by atoms with van der Waals surface area (Å²) in [5.74, 6) is 0.368. The Labute approximate surface area is 142 Å². The van der Waals surface area contributed by atoms with Gasteiger partial charge >= 0.3 is 0 Å². The van der Waals surface area contributed by atoms with Gasteiger partial charge in [0, 0.05) is 24.2 Å². The third kappa shape index (κ3) is 3.94. The fraction of sp³-hybridized carbons (Fsp3) is 0.200. The molecule has 0 aliphatic rings. The zero-order chi connectivity index (χ0) is 16.2. The molecule has 0 atom stereocenters. The lowest BCUT2D eigenvalue weighted by Crippen LogP contribution is -2.30. The molecule has 0 saturated carbocycles. The average Bonchev–Trinajstić information content (AvgIpc) is 3.19. The summed E-state index contributed by atoms with van der Waals surface area (Å²) in [5.41, 5.74) is 1.87. The molecule has 0 N–H and O–H groups in total. The standard InChI is InChI=1S/C15H14ClN5OS/c1-20(8-11-5-6-23-10-11)14(22)9-21-18-15(17-19-21)12-3-2-4-13(16)7-12/h2-7,10H,8-9H2,1H3. The zero-order valence-electron chi connectivity index (χ0n) is 12.4. The van der Waals surface area contributed by atoms with E-state index in [4.69, 9.17) is 11.6 Å². The molecule has 0 bridgehead atoms. The Bertz CT molecular complexity index is 802. The van der Waals surface area contributed by atoms with Crippen molar-refractivity contribution >= 4 is 28.8 Å². The van der Waals surface area contributed by atoms with Gasteiger partial charge in [0.1, 0.15) is 6.54 Å². The Kier molecular flexibility index (Phi) is 4.68. The van der Waals surface area contributed by atoms with Crippen LogP contribution in [0.5, 0.6) is 0 Å². The molecule has 118 valence electrons. The van der Waals surface area contributed by atoms with E-state index in [-0.39, 0.29) is 12.5 Å². The van der Waals surface area contributed by atoms with Crippen LogP contribution in [0.15, 0.2) is 41.1 Å². The predicted molar refractivity (Wildman–Crippen MR) is 89.1 cm³/mol. The van der Waals surface area contributed by atoms with E-state index in [1.54, 1.807) is 35.4 Å². The molecule has 1 amide bonds. The molecule has 0 radical (unpaired) electrons. The van der Waals surface area contributed by atoms with Gasteiger partial charge in [0.15, 0.2) is 0 Å². The first-order valence-corrected chi connectivity index (χ1v) is 8.22. The highest BCUT2D eigenvalue weighted by Crippen LogP contribution is 2.18. The number of carbonyl (C=O) groups excluding carboxylic acids is 1. The van der Waals surface area contributed by atoms with Crippen LogP contribution >= 0.6 is 22.9 Å². The number of hydrogen-bond acceptors (Lipinski definition) is 5. The summed E-state index contributed by atoms with van der Waals surface area (Å²) in [6, 6.07) is 9.20. The molecule has 2 heterocycles. The normalized spacial score (nSPS) is 10.7. The van der Waals surface area contributed by atoms with Crippen molar-refractivity contribution in [3.8, 4) is 11.4 Å². The summed E-state index contributed by atoms with van der Waals surface area (Å²) in [7, 11) is 1.76. The maximum Gasteiger partial charge on any atom is 0.246 e. The van der Waals surface area contributed by atoms with Crippen LogP contribution in [0.25, 0.3) is 11.4 Å². The third-order valence-electron chi connectivity index (χ3n) is 3.24. The van der Waals surface area contributed by atoms with Gasteiger partial charge in [0.2, 0.25) is 11.7 Å². The van der Waals surface area contributed by atoms with Crippen molar-refractivity contribution in [2.75, 3.05) is 7.05 Å². The van der Waals surface area contributed by atoms with E-state index in [2.05, 4.69) is 15.4 Å². The smallest absolute Gasteiger partial charge is 0.246 e. The lowest BCUT2D eigenvalue weighted by molar-refractivity contribution is -0.131. The predicted octanol–water partition coefficient (Wildman–Crippen LogP) is 2.71. The van der Waals surface area contributed by atoms with Crippen molar-refractivity contribution in [1.82, 2.24) is 25.1 Å². The summed E-state index contributed by atoms with van der Waals surface area (Å²) < 4.78 is 0. The van der Waals surface area contributed by atoms with E-state index >= 15 is 0 Å². The Morgan fingerprint density at radius 2 is 2.26 bits per heavy atom. The number of amides is 1. The van der Waals surface area contributed by atoms with Gasteiger partial charge in [-0.1, -0.05) is 23.7 Å². The SMILES string of the molecule is CN(Cc1ccsc1)C(=O)Cn1nnc(-c2cccc(Cl)c2)n1. The summed E-state index contributed by atoms with van der Waals surface area (Å²) in [6.07, 6.45) is 0. The second-order valence-electron chi connectivity index (χ2n) is 5.04. The molecular weight excluding hydrogens is 334 g/mol. The van der Waals surface area contributed by atoms with E-state index in [1.165, 1.54) is 4.80 Å². The summed E-state index contributed by atoms with van der Waals surface area (Å²) >= 11 is 7.56. The highest BCUT2D eigenvalue weighted by molar-refractivity contribution is 7.07. The average molecular weight is 348 g/mol. The van der Waals surface area contributed by atoms with E-state index in [1.807, 2.05) is 29.0 Å². The van der Waals surface area contributed by atoms with Crippen molar-refractivity contribution in [2.24, 2.45) is 0 Å². The fourth-order valence-electron chi connectivity index (χ4n) is 2.04. The number of benzene rings is 1. The molecule has 0 saturated heterocycles. The molecule has 23 heavy (non-hydrogen) atoms. The van der Waals surface area contributed by atoms with Gasteiger partial charge in [-0.15, -0.1) is 10.2 Å². The minimum atomic E-state index is -0.0776. The van der Waals surface area contributed by atoms with E-state index in [9.17, 15) is 4.79 Å².